The smallest absolute Gasteiger partial charge is 0.0238 e. The summed E-state index contributed by atoms with van der Waals surface area (Å²) in [5.74, 6) is 1.60. The monoisotopic (exact) mass is 212 g/mol. The van der Waals surface area contributed by atoms with Crippen LogP contribution in [0, 0.1) is 11.8 Å². The zero-order valence-corrected chi connectivity index (χ0v) is 10.7. The molecule has 90 valence electrons. The molecular formula is C13H28N2. The fourth-order valence-corrected chi connectivity index (χ4v) is 2.87. The third-order valence-electron chi connectivity index (χ3n) is 3.85. The van der Waals surface area contributed by atoms with Crippen LogP contribution < -0.4 is 5.73 Å². The molecule has 0 aromatic heterocycles. The molecule has 2 heteroatoms. The molecule has 0 aromatic carbocycles. The maximum Gasteiger partial charge on any atom is 0.0238 e. The second-order valence-corrected chi connectivity index (χ2v) is 5.49. The highest BCUT2D eigenvalue weighted by molar-refractivity contribution is 4.76. The molecule has 1 atom stereocenters. The van der Waals surface area contributed by atoms with Crippen LogP contribution in [0.2, 0.25) is 0 Å². The van der Waals surface area contributed by atoms with Crippen molar-refractivity contribution < 1.29 is 0 Å². The number of likely N-dealkylation sites (N-methyl/N-ethyl adjacent to an activating group) is 1. The molecule has 1 aliphatic carbocycles. The van der Waals surface area contributed by atoms with E-state index in [-0.39, 0.29) is 0 Å². The number of nitrogens with two attached hydrogens (primary N) is 1. The summed E-state index contributed by atoms with van der Waals surface area (Å²) in [7, 11) is 2.24. The van der Waals surface area contributed by atoms with E-state index in [1.807, 2.05) is 0 Å². The molecule has 1 saturated carbocycles. The lowest BCUT2D eigenvalue weighted by molar-refractivity contribution is 0.153. The summed E-state index contributed by atoms with van der Waals surface area (Å²) in [5.41, 5.74) is 5.84. The molecule has 0 saturated heterocycles. The Kier molecular flexibility index (Phi) is 5.62. The van der Waals surface area contributed by atoms with E-state index < -0.39 is 0 Å². The van der Waals surface area contributed by atoms with Crippen molar-refractivity contribution in [2.45, 2.75) is 52.0 Å². The van der Waals surface area contributed by atoms with Crippen LogP contribution in [0.4, 0.5) is 0 Å². The molecular weight excluding hydrogens is 184 g/mol. The highest BCUT2D eigenvalue weighted by atomic mass is 15.1. The van der Waals surface area contributed by atoms with E-state index in [1.54, 1.807) is 0 Å². The first kappa shape index (κ1) is 13.0. The summed E-state index contributed by atoms with van der Waals surface area (Å²) in [6.07, 6.45) is 7.19. The number of hydrogen-bond donors (Lipinski definition) is 1. The van der Waals surface area contributed by atoms with Crippen LogP contribution in [0.25, 0.3) is 0 Å². The normalized spacial score (nSPS) is 21.2. The van der Waals surface area contributed by atoms with Crippen molar-refractivity contribution in [2.24, 2.45) is 17.6 Å². The molecule has 1 rings (SSSR count). The van der Waals surface area contributed by atoms with Crippen molar-refractivity contribution in [2.75, 3.05) is 20.1 Å². The number of hydrogen-bond acceptors (Lipinski definition) is 2. The highest BCUT2D eigenvalue weighted by Gasteiger charge is 2.21. The van der Waals surface area contributed by atoms with Crippen molar-refractivity contribution >= 4 is 0 Å². The second-order valence-electron chi connectivity index (χ2n) is 5.49. The third kappa shape index (κ3) is 4.12. The summed E-state index contributed by atoms with van der Waals surface area (Å²) in [6.45, 7) is 6.59. The van der Waals surface area contributed by atoms with Gasteiger partial charge < -0.3 is 10.6 Å². The molecule has 1 fully saturated rings. The van der Waals surface area contributed by atoms with Gasteiger partial charge in [0, 0.05) is 19.1 Å². The van der Waals surface area contributed by atoms with E-state index in [4.69, 9.17) is 5.73 Å². The first-order valence-corrected chi connectivity index (χ1v) is 6.55. The first-order chi connectivity index (χ1) is 7.15. The van der Waals surface area contributed by atoms with E-state index in [1.165, 1.54) is 38.6 Å². The van der Waals surface area contributed by atoms with Crippen LogP contribution in [-0.4, -0.2) is 31.1 Å². The number of rotatable bonds is 5. The van der Waals surface area contributed by atoms with Gasteiger partial charge in [-0.2, -0.15) is 0 Å². The Bertz CT molecular complexity index is 162. The minimum absolute atomic E-state index is 0.562. The molecule has 0 aliphatic heterocycles. The summed E-state index contributed by atoms with van der Waals surface area (Å²) in [6, 6.07) is 0.562. The van der Waals surface area contributed by atoms with Gasteiger partial charge in [-0.3, -0.25) is 0 Å². The van der Waals surface area contributed by atoms with Crippen LogP contribution in [0.15, 0.2) is 0 Å². The van der Waals surface area contributed by atoms with Gasteiger partial charge in [0.15, 0.2) is 0 Å². The van der Waals surface area contributed by atoms with E-state index in [9.17, 15) is 0 Å². The second kappa shape index (κ2) is 6.49. The van der Waals surface area contributed by atoms with E-state index in [0.29, 0.717) is 12.0 Å². The fraction of sp³-hybridized carbons (Fsp3) is 1.00. The summed E-state index contributed by atoms with van der Waals surface area (Å²) in [5, 5.41) is 0. The average Bonchev–Trinajstić information content (AvgIpc) is 2.19. The van der Waals surface area contributed by atoms with Crippen LogP contribution in [0.3, 0.4) is 0 Å². The van der Waals surface area contributed by atoms with Crippen molar-refractivity contribution in [3.63, 3.8) is 0 Å². The lowest BCUT2D eigenvalue weighted by Crippen LogP contribution is -2.44. The first-order valence-electron chi connectivity index (χ1n) is 6.55. The van der Waals surface area contributed by atoms with Gasteiger partial charge >= 0.3 is 0 Å². The minimum atomic E-state index is 0.562. The van der Waals surface area contributed by atoms with Gasteiger partial charge in [-0.05, 0) is 31.7 Å². The lowest BCUT2D eigenvalue weighted by Gasteiger charge is -2.34. The lowest BCUT2D eigenvalue weighted by atomic mass is 9.88. The maximum atomic E-state index is 5.84. The number of nitrogens with zero attached hydrogens (tertiary/aromatic N) is 1. The molecule has 2 N–H and O–H groups in total. The maximum absolute atomic E-state index is 5.84. The van der Waals surface area contributed by atoms with Gasteiger partial charge in [0.2, 0.25) is 0 Å². The summed E-state index contributed by atoms with van der Waals surface area (Å²) in [4.78, 5) is 2.49. The summed E-state index contributed by atoms with van der Waals surface area (Å²) >= 11 is 0. The average molecular weight is 212 g/mol. The Morgan fingerprint density at radius 3 is 2.27 bits per heavy atom. The van der Waals surface area contributed by atoms with Gasteiger partial charge in [0.25, 0.3) is 0 Å². The molecule has 15 heavy (non-hydrogen) atoms. The summed E-state index contributed by atoms with van der Waals surface area (Å²) < 4.78 is 0. The topological polar surface area (TPSA) is 29.3 Å². The van der Waals surface area contributed by atoms with Crippen molar-refractivity contribution in [1.29, 1.82) is 0 Å². The minimum Gasteiger partial charge on any atom is -0.329 e. The Hall–Kier alpha value is -0.0800. The van der Waals surface area contributed by atoms with Crippen molar-refractivity contribution in [3.05, 3.63) is 0 Å². The Balaban J connectivity index is 2.34. The van der Waals surface area contributed by atoms with Gasteiger partial charge in [-0.25, -0.2) is 0 Å². The standard InChI is InChI=1S/C13H28N2/c1-11(2)13(9-14)15(3)10-12-7-5-4-6-8-12/h11-13H,4-10,14H2,1-3H3. The van der Waals surface area contributed by atoms with E-state index in [0.717, 1.165) is 12.5 Å². The zero-order valence-electron chi connectivity index (χ0n) is 10.7. The largest absolute Gasteiger partial charge is 0.329 e. The zero-order chi connectivity index (χ0) is 11.3. The molecule has 0 spiro atoms. The molecule has 0 amide bonds. The van der Waals surface area contributed by atoms with Crippen LogP contribution in [-0.2, 0) is 0 Å². The third-order valence-corrected chi connectivity index (χ3v) is 3.85. The highest BCUT2D eigenvalue weighted by Crippen LogP contribution is 2.25. The van der Waals surface area contributed by atoms with Gasteiger partial charge in [0.05, 0.1) is 0 Å². The molecule has 0 radical (unpaired) electrons. The van der Waals surface area contributed by atoms with Crippen LogP contribution in [0.5, 0.6) is 0 Å². The van der Waals surface area contributed by atoms with Gasteiger partial charge in [0.1, 0.15) is 0 Å². The molecule has 1 unspecified atom stereocenters. The molecule has 2 nitrogen and oxygen atoms in total. The quantitative estimate of drug-likeness (QED) is 0.758. The van der Waals surface area contributed by atoms with Gasteiger partial charge in [-0.1, -0.05) is 33.1 Å². The van der Waals surface area contributed by atoms with Crippen molar-refractivity contribution in [1.82, 2.24) is 4.90 Å². The Labute approximate surface area is 95.2 Å². The molecule has 0 bridgehead atoms. The Morgan fingerprint density at radius 2 is 1.80 bits per heavy atom. The predicted molar refractivity (Wildman–Crippen MR) is 66.9 cm³/mol. The van der Waals surface area contributed by atoms with Crippen molar-refractivity contribution in [3.8, 4) is 0 Å². The van der Waals surface area contributed by atoms with Crippen LogP contribution in [0.1, 0.15) is 46.0 Å². The molecule has 0 aromatic rings. The Morgan fingerprint density at radius 1 is 1.20 bits per heavy atom. The van der Waals surface area contributed by atoms with Crippen LogP contribution >= 0.6 is 0 Å². The predicted octanol–water partition coefficient (Wildman–Crippen LogP) is 2.48. The van der Waals surface area contributed by atoms with Gasteiger partial charge in [-0.15, -0.1) is 0 Å². The van der Waals surface area contributed by atoms with E-state index in [2.05, 4.69) is 25.8 Å². The molecule has 0 heterocycles. The fourth-order valence-electron chi connectivity index (χ4n) is 2.87. The molecule has 1 aliphatic rings. The SMILES string of the molecule is CC(C)C(CN)N(C)CC1CCCCC1. The van der Waals surface area contributed by atoms with E-state index >= 15 is 0 Å².